The van der Waals surface area contributed by atoms with Crippen LogP contribution in [0.5, 0.6) is 0 Å². The van der Waals surface area contributed by atoms with Crippen LogP contribution < -0.4 is 0 Å². The van der Waals surface area contributed by atoms with E-state index in [0.717, 1.165) is 0 Å². The van der Waals surface area contributed by atoms with Gasteiger partial charge in [-0.1, -0.05) is 0 Å². The Bertz CT molecular complexity index is 49.2. The maximum absolute atomic E-state index is 8.98. The summed E-state index contributed by atoms with van der Waals surface area (Å²) in [7, 11) is 0. The SMILES string of the molecule is ClCCCl.O=C(Cl)Cl. The summed E-state index contributed by atoms with van der Waals surface area (Å²) in [4.78, 5) is 8.98. The zero-order chi connectivity index (χ0) is 6.99. The molecule has 0 aliphatic rings. The van der Waals surface area contributed by atoms with Crippen molar-refractivity contribution in [3.05, 3.63) is 0 Å². The molecule has 0 rings (SSSR count). The van der Waals surface area contributed by atoms with Gasteiger partial charge in [-0.25, -0.2) is 0 Å². The van der Waals surface area contributed by atoms with Crippen LogP contribution in [0.25, 0.3) is 0 Å². The van der Waals surface area contributed by atoms with Crippen LogP contribution in [0.1, 0.15) is 0 Å². The maximum Gasteiger partial charge on any atom is 0.313 e. The van der Waals surface area contributed by atoms with Gasteiger partial charge in [0.05, 0.1) is 0 Å². The molecule has 0 aliphatic carbocycles. The fourth-order valence-corrected chi connectivity index (χ4v) is 0. The number of carbonyl (C=O) groups excluding carboxylic acids is 1. The molecule has 50 valence electrons. The second-order valence-electron chi connectivity index (χ2n) is 0.604. The Hall–Kier alpha value is 0.830. The molecule has 0 aromatic rings. The second-order valence-corrected chi connectivity index (χ2v) is 2.24. The normalized spacial score (nSPS) is 7.00. The quantitative estimate of drug-likeness (QED) is 0.467. The monoisotopic (exact) mass is 196 g/mol. The topological polar surface area (TPSA) is 17.1 Å². The van der Waals surface area contributed by atoms with Crippen LogP contribution in [0, 0.1) is 0 Å². The van der Waals surface area contributed by atoms with E-state index in [1.807, 2.05) is 0 Å². The van der Waals surface area contributed by atoms with E-state index in [9.17, 15) is 0 Å². The maximum atomic E-state index is 8.98. The molecule has 0 spiro atoms. The highest BCUT2D eigenvalue weighted by molar-refractivity contribution is 6.93. The lowest BCUT2D eigenvalue weighted by atomic mass is 11.0. The summed E-state index contributed by atoms with van der Waals surface area (Å²) in [6, 6.07) is 0. The van der Waals surface area contributed by atoms with Crippen LogP contribution in [0.15, 0.2) is 0 Å². The van der Waals surface area contributed by atoms with Gasteiger partial charge in [-0.2, -0.15) is 0 Å². The fraction of sp³-hybridized carbons (Fsp3) is 0.667. The summed E-state index contributed by atoms with van der Waals surface area (Å²) < 4.78 is -0.889. The molecular weight excluding hydrogens is 194 g/mol. The van der Waals surface area contributed by atoms with Crippen LogP contribution in [0.4, 0.5) is 4.79 Å². The van der Waals surface area contributed by atoms with Crippen molar-refractivity contribution >= 4 is 51.1 Å². The minimum atomic E-state index is -0.889. The van der Waals surface area contributed by atoms with Gasteiger partial charge in [0, 0.05) is 11.8 Å². The van der Waals surface area contributed by atoms with E-state index in [0.29, 0.717) is 11.8 Å². The molecule has 0 aromatic heterocycles. The molecule has 0 amide bonds. The first-order valence-electron chi connectivity index (χ1n) is 1.62. The summed E-state index contributed by atoms with van der Waals surface area (Å²) in [6.45, 7) is 0. The fourth-order valence-electron chi connectivity index (χ4n) is 0. The Kier molecular flexibility index (Phi) is 15.6. The van der Waals surface area contributed by atoms with Gasteiger partial charge in [0.2, 0.25) is 0 Å². The molecule has 0 atom stereocenters. The van der Waals surface area contributed by atoms with E-state index in [1.54, 1.807) is 0 Å². The molecular formula is C3H4Cl4O. The van der Waals surface area contributed by atoms with Crippen molar-refractivity contribution in [1.29, 1.82) is 0 Å². The van der Waals surface area contributed by atoms with Gasteiger partial charge in [0.1, 0.15) is 0 Å². The minimum Gasteiger partial charge on any atom is -0.262 e. The summed E-state index contributed by atoms with van der Waals surface area (Å²) in [5.74, 6) is 1.11. The first-order chi connectivity index (χ1) is 3.65. The number of rotatable bonds is 1. The Morgan fingerprint density at radius 2 is 1.25 bits per heavy atom. The lowest BCUT2D eigenvalue weighted by molar-refractivity contribution is 0.275. The van der Waals surface area contributed by atoms with Crippen molar-refractivity contribution in [2.24, 2.45) is 0 Å². The third kappa shape index (κ3) is 69.3. The van der Waals surface area contributed by atoms with Crippen molar-refractivity contribution in [1.82, 2.24) is 0 Å². The van der Waals surface area contributed by atoms with Gasteiger partial charge in [-0.05, 0) is 23.2 Å². The van der Waals surface area contributed by atoms with Crippen molar-refractivity contribution in [3.63, 3.8) is 0 Å². The highest BCUT2D eigenvalue weighted by atomic mass is 35.5. The molecule has 0 bridgehead atoms. The molecule has 0 aromatic carbocycles. The average Bonchev–Trinajstić information content (AvgIpc) is 1.65. The van der Waals surface area contributed by atoms with Crippen LogP contribution in [0.3, 0.4) is 0 Å². The summed E-state index contributed by atoms with van der Waals surface area (Å²) >= 11 is 18.9. The molecule has 0 unspecified atom stereocenters. The number of hydrogen-bond donors (Lipinski definition) is 0. The van der Waals surface area contributed by atoms with Crippen molar-refractivity contribution < 1.29 is 4.79 Å². The number of carbonyl (C=O) groups is 1. The average molecular weight is 198 g/mol. The molecule has 5 heteroatoms. The van der Waals surface area contributed by atoms with Crippen molar-refractivity contribution in [2.45, 2.75) is 0 Å². The van der Waals surface area contributed by atoms with Gasteiger partial charge >= 0.3 is 4.70 Å². The zero-order valence-corrected chi connectivity index (χ0v) is 6.86. The van der Waals surface area contributed by atoms with E-state index in [-0.39, 0.29) is 0 Å². The first-order valence-corrected chi connectivity index (χ1v) is 3.44. The first kappa shape index (κ1) is 11.6. The highest BCUT2D eigenvalue weighted by Crippen LogP contribution is 1.84. The van der Waals surface area contributed by atoms with Gasteiger partial charge < -0.3 is 0 Å². The molecule has 0 fully saturated rings. The molecule has 1 nitrogen and oxygen atoms in total. The summed E-state index contributed by atoms with van der Waals surface area (Å²) in [5.41, 5.74) is 0. The summed E-state index contributed by atoms with van der Waals surface area (Å²) in [6.07, 6.45) is 0. The summed E-state index contributed by atoms with van der Waals surface area (Å²) in [5, 5.41) is 0. The molecule has 0 radical (unpaired) electrons. The van der Waals surface area contributed by atoms with Gasteiger partial charge in [-0.15, -0.1) is 23.2 Å². The Morgan fingerprint density at radius 1 is 1.12 bits per heavy atom. The zero-order valence-electron chi connectivity index (χ0n) is 3.83. The lowest BCUT2D eigenvalue weighted by Crippen LogP contribution is -1.63. The van der Waals surface area contributed by atoms with Crippen LogP contribution >= 0.6 is 46.4 Å². The van der Waals surface area contributed by atoms with Gasteiger partial charge in [-0.3, -0.25) is 4.79 Å². The van der Waals surface area contributed by atoms with E-state index >= 15 is 0 Å². The second kappa shape index (κ2) is 10.7. The number of hydrogen-bond acceptors (Lipinski definition) is 1. The van der Waals surface area contributed by atoms with E-state index in [4.69, 9.17) is 28.0 Å². The third-order valence-corrected chi connectivity index (χ3v) is 0.643. The lowest BCUT2D eigenvalue weighted by Gasteiger charge is -1.63. The van der Waals surface area contributed by atoms with Crippen molar-refractivity contribution in [2.75, 3.05) is 11.8 Å². The predicted molar refractivity (Wildman–Crippen MR) is 38.5 cm³/mol. The van der Waals surface area contributed by atoms with Crippen LogP contribution in [0.2, 0.25) is 0 Å². The predicted octanol–water partition coefficient (Wildman–Crippen LogP) is 3.05. The standard InChI is InChI=1S/C2H4Cl2.CCl2O/c3-1-2-4;2-1(3)4/h1-2H2;. The molecule has 0 saturated carbocycles. The van der Waals surface area contributed by atoms with Crippen LogP contribution in [-0.2, 0) is 0 Å². The smallest absolute Gasteiger partial charge is 0.262 e. The molecule has 0 saturated heterocycles. The molecule has 0 aliphatic heterocycles. The van der Waals surface area contributed by atoms with E-state index in [1.165, 1.54) is 0 Å². The highest BCUT2D eigenvalue weighted by Gasteiger charge is 1.72. The van der Waals surface area contributed by atoms with Crippen molar-refractivity contribution in [3.8, 4) is 0 Å². The van der Waals surface area contributed by atoms with Crippen LogP contribution in [-0.4, -0.2) is 16.5 Å². The Labute approximate surface area is 67.8 Å². The molecule has 0 N–H and O–H groups in total. The molecule has 0 heterocycles. The number of alkyl halides is 2. The van der Waals surface area contributed by atoms with E-state index < -0.39 is 4.70 Å². The number of halogens is 4. The largest absolute Gasteiger partial charge is 0.313 e. The Balaban J connectivity index is 0. The Morgan fingerprint density at radius 3 is 1.25 bits per heavy atom. The van der Waals surface area contributed by atoms with E-state index in [2.05, 4.69) is 23.2 Å². The van der Waals surface area contributed by atoms with Gasteiger partial charge in [0.25, 0.3) is 0 Å². The van der Waals surface area contributed by atoms with Gasteiger partial charge in [0.15, 0.2) is 0 Å². The minimum absolute atomic E-state index is 0.557. The molecule has 8 heavy (non-hydrogen) atoms. The third-order valence-electron chi connectivity index (χ3n) is 0.0714.